The van der Waals surface area contributed by atoms with Crippen LogP contribution in [0.1, 0.15) is 45.1 Å². The fraction of sp³-hybridized carbons (Fsp3) is 0.632. The molecule has 1 aliphatic carbocycles. The van der Waals surface area contributed by atoms with E-state index < -0.39 is 11.0 Å². The molecule has 1 saturated carbocycles. The highest BCUT2D eigenvalue weighted by molar-refractivity contribution is 5.79. The molecule has 0 saturated heterocycles. The Morgan fingerprint density at radius 1 is 1.25 bits per heavy atom. The molecule has 0 spiro atoms. The van der Waals surface area contributed by atoms with Crippen molar-refractivity contribution in [1.29, 1.82) is 0 Å². The van der Waals surface area contributed by atoms with Crippen molar-refractivity contribution in [3.05, 3.63) is 23.8 Å². The minimum Gasteiger partial charge on any atom is -0.497 e. The molecule has 1 N–H and O–H groups in total. The smallest absolute Gasteiger partial charge is 0.314 e. The van der Waals surface area contributed by atoms with Gasteiger partial charge in [-0.05, 0) is 69.7 Å². The molecule has 1 aromatic carbocycles. The van der Waals surface area contributed by atoms with Gasteiger partial charge >= 0.3 is 5.97 Å². The zero-order chi connectivity index (χ0) is 17.8. The van der Waals surface area contributed by atoms with E-state index in [0.717, 1.165) is 23.5 Å². The Morgan fingerprint density at radius 3 is 2.54 bits per heavy atom. The largest absolute Gasteiger partial charge is 0.497 e. The normalized spacial score (nSPS) is 26.2. The SMILES string of the molecule is CCOC(=O)C1(CCc2cc(OC)ccc2OC)CCCC1(C)O. The maximum Gasteiger partial charge on any atom is 0.314 e. The molecule has 0 bridgehead atoms. The van der Waals surface area contributed by atoms with Crippen molar-refractivity contribution in [2.24, 2.45) is 5.41 Å². The van der Waals surface area contributed by atoms with Gasteiger partial charge in [-0.2, -0.15) is 0 Å². The second-order valence-corrected chi connectivity index (χ2v) is 6.61. The maximum atomic E-state index is 12.6. The number of hydrogen-bond donors (Lipinski definition) is 1. The Bertz CT molecular complexity index is 581. The number of methoxy groups -OCH3 is 2. The Balaban J connectivity index is 2.27. The zero-order valence-electron chi connectivity index (χ0n) is 15.1. The molecule has 0 amide bonds. The summed E-state index contributed by atoms with van der Waals surface area (Å²) >= 11 is 0. The van der Waals surface area contributed by atoms with Gasteiger partial charge in [-0.15, -0.1) is 0 Å². The number of carbonyl (C=O) groups is 1. The number of rotatable bonds is 7. The van der Waals surface area contributed by atoms with E-state index in [1.54, 1.807) is 28.1 Å². The molecule has 24 heavy (non-hydrogen) atoms. The highest BCUT2D eigenvalue weighted by atomic mass is 16.5. The van der Waals surface area contributed by atoms with E-state index in [1.165, 1.54) is 0 Å². The molecule has 1 aliphatic rings. The topological polar surface area (TPSA) is 65.0 Å². The van der Waals surface area contributed by atoms with Crippen molar-refractivity contribution in [3.8, 4) is 11.5 Å². The fourth-order valence-electron chi connectivity index (χ4n) is 3.76. The molecular weight excluding hydrogens is 308 g/mol. The molecule has 5 nitrogen and oxygen atoms in total. The first-order chi connectivity index (χ1) is 11.4. The van der Waals surface area contributed by atoms with Gasteiger partial charge < -0.3 is 19.3 Å². The van der Waals surface area contributed by atoms with E-state index in [1.807, 2.05) is 18.2 Å². The summed E-state index contributed by atoms with van der Waals surface area (Å²) in [6.45, 7) is 3.86. The lowest BCUT2D eigenvalue weighted by Gasteiger charge is -2.38. The fourth-order valence-corrected chi connectivity index (χ4v) is 3.76. The molecule has 2 unspecified atom stereocenters. The van der Waals surface area contributed by atoms with Crippen molar-refractivity contribution in [2.75, 3.05) is 20.8 Å². The number of ether oxygens (including phenoxy) is 3. The zero-order valence-corrected chi connectivity index (χ0v) is 15.1. The predicted molar refractivity (Wildman–Crippen MR) is 91.4 cm³/mol. The van der Waals surface area contributed by atoms with Gasteiger partial charge in [0.25, 0.3) is 0 Å². The van der Waals surface area contributed by atoms with Crippen molar-refractivity contribution >= 4 is 5.97 Å². The second kappa shape index (κ2) is 7.43. The van der Waals surface area contributed by atoms with Crippen LogP contribution in [0.15, 0.2) is 18.2 Å². The Hall–Kier alpha value is -1.75. The van der Waals surface area contributed by atoms with Crippen molar-refractivity contribution in [3.63, 3.8) is 0 Å². The second-order valence-electron chi connectivity index (χ2n) is 6.61. The Labute approximate surface area is 143 Å². The Morgan fingerprint density at radius 2 is 2.00 bits per heavy atom. The monoisotopic (exact) mass is 336 g/mol. The van der Waals surface area contributed by atoms with E-state index >= 15 is 0 Å². The van der Waals surface area contributed by atoms with E-state index in [-0.39, 0.29) is 5.97 Å². The first-order valence-corrected chi connectivity index (χ1v) is 8.50. The lowest BCUT2D eigenvalue weighted by Crippen LogP contribution is -2.48. The minimum absolute atomic E-state index is 0.297. The van der Waals surface area contributed by atoms with Crippen LogP contribution in [0.3, 0.4) is 0 Å². The number of benzene rings is 1. The molecule has 2 rings (SSSR count). The van der Waals surface area contributed by atoms with Gasteiger partial charge in [-0.25, -0.2) is 0 Å². The summed E-state index contributed by atoms with van der Waals surface area (Å²) in [7, 11) is 3.24. The van der Waals surface area contributed by atoms with Crippen LogP contribution in [0.4, 0.5) is 0 Å². The first-order valence-electron chi connectivity index (χ1n) is 8.50. The summed E-state index contributed by atoms with van der Waals surface area (Å²) in [5.41, 5.74) is -0.953. The third-order valence-electron chi connectivity index (χ3n) is 5.27. The van der Waals surface area contributed by atoms with Gasteiger partial charge in [0.15, 0.2) is 0 Å². The summed E-state index contributed by atoms with van der Waals surface area (Å²) in [5, 5.41) is 10.9. The quantitative estimate of drug-likeness (QED) is 0.775. The summed E-state index contributed by atoms with van der Waals surface area (Å²) in [6, 6.07) is 5.62. The van der Waals surface area contributed by atoms with Gasteiger partial charge in [-0.3, -0.25) is 4.79 Å². The van der Waals surface area contributed by atoms with E-state index in [0.29, 0.717) is 32.3 Å². The highest BCUT2D eigenvalue weighted by Gasteiger charge is 2.56. The van der Waals surface area contributed by atoms with Gasteiger partial charge in [0.1, 0.15) is 11.5 Å². The number of aliphatic hydroxyl groups is 1. The number of carbonyl (C=O) groups excluding carboxylic acids is 1. The summed E-state index contributed by atoms with van der Waals surface area (Å²) in [6.07, 6.45) is 3.20. The molecule has 5 heteroatoms. The molecule has 0 aromatic heterocycles. The number of esters is 1. The minimum atomic E-state index is -1.05. The molecule has 1 aromatic rings. The molecule has 0 aliphatic heterocycles. The van der Waals surface area contributed by atoms with Crippen molar-refractivity contribution in [2.45, 2.75) is 51.6 Å². The summed E-state index contributed by atoms with van der Waals surface area (Å²) < 4.78 is 16.0. The molecular formula is C19H28O5. The summed E-state index contributed by atoms with van der Waals surface area (Å²) in [4.78, 5) is 12.6. The number of hydrogen-bond acceptors (Lipinski definition) is 5. The highest BCUT2D eigenvalue weighted by Crippen LogP contribution is 2.50. The lowest BCUT2D eigenvalue weighted by atomic mass is 9.71. The van der Waals surface area contributed by atoms with Gasteiger partial charge in [0.2, 0.25) is 0 Å². The van der Waals surface area contributed by atoms with Gasteiger partial charge in [-0.1, -0.05) is 0 Å². The van der Waals surface area contributed by atoms with Gasteiger partial charge in [0.05, 0.1) is 31.8 Å². The maximum absolute atomic E-state index is 12.6. The van der Waals surface area contributed by atoms with Crippen LogP contribution in [0, 0.1) is 5.41 Å². The molecule has 0 heterocycles. The standard InChI is InChI=1S/C19H28O5/c1-5-24-17(20)19(11-6-10-18(19,2)21)12-9-14-13-15(22-3)7-8-16(14)23-4/h7-8,13,21H,5-6,9-12H2,1-4H3. The van der Waals surface area contributed by atoms with Crippen molar-refractivity contribution in [1.82, 2.24) is 0 Å². The Kier molecular flexibility index (Phi) is 5.75. The summed E-state index contributed by atoms with van der Waals surface area (Å²) in [5.74, 6) is 1.20. The van der Waals surface area contributed by atoms with Crippen LogP contribution in [-0.4, -0.2) is 37.5 Å². The van der Waals surface area contributed by atoms with Crippen LogP contribution in [-0.2, 0) is 16.0 Å². The molecule has 134 valence electrons. The van der Waals surface area contributed by atoms with E-state index in [4.69, 9.17) is 14.2 Å². The van der Waals surface area contributed by atoms with E-state index in [9.17, 15) is 9.90 Å². The van der Waals surface area contributed by atoms with E-state index in [2.05, 4.69) is 0 Å². The number of aryl methyl sites for hydroxylation is 1. The van der Waals surface area contributed by atoms with Crippen LogP contribution >= 0.6 is 0 Å². The van der Waals surface area contributed by atoms with Gasteiger partial charge in [0, 0.05) is 0 Å². The predicted octanol–water partition coefficient (Wildman–Crippen LogP) is 3.12. The third kappa shape index (κ3) is 3.36. The first kappa shape index (κ1) is 18.6. The van der Waals surface area contributed by atoms with Crippen LogP contribution in [0.5, 0.6) is 11.5 Å². The lowest BCUT2D eigenvalue weighted by molar-refractivity contribution is -0.170. The van der Waals surface area contributed by atoms with Crippen LogP contribution < -0.4 is 9.47 Å². The molecule has 2 atom stereocenters. The van der Waals surface area contributed by atoms with Crippen LogP contribution in [0.2, 0.25) is 0 Å². The van der Waals surface area contributed by atoms with Crippen LogP contribution in [0.25, 0.3) is 0 Å². The average molecular weight is 336 g/mol. The third-order valence-corrected chi connectivity index (χ3v) is 5.27. The van der Waals surface area contributed by atoms with Crippen molar-refractivity contribution < 1.29 is 24.1 Å². The molecule has 1 fully saturated rings. The average Bonchev–Trinajstić information content (AvgIpc) is 2.88. The molecule has 0 radical (unpaired) electrons.